The molecule has 298 valence electrons. The highest BCUT2D eigenvalue weighted by Gasteiger charge is 2.40. The van der Waals surface area contributed by atoms with Crippen molar-refractivity contribution in [1.29, 1.82) is 0 Å². The van der Waals surface area contributed by atoms with E-state index in [1.54, 1.807) is 25.3 Å². The normalized spacial score (nSPS) is 18.3. The molecule has 9 rings (SSSR count). The number of carbonyl (C=O) groups excluding carboxylic acids is 4. The molecule has 0 bridgehead atoms. The lowest BCUT2D eigenvalue weighted by Crippen LogP contribution is -2.52. The van der Waals surface area contributed by atoms with Crippen molar-refractivity contribution in [2.24, 2.45) is 0 Å². The lowest BCUT2D eigenvalue weighted by molar-refractivity contribution is -0.137. The predicted octanol–water partition coefficient (Wildman–Crippen LogP) is 5.42. The molecule has 4 aliphatic heterocycles. The van der Waals surface area contributed by atoms with Gasteiger partial charge in [0.2, 0.25) is 23.6 Å². The minimum Gasteiger partial charge on any atom is -0.493 e. The fourth-order valence-electron chi connectivity index (χ4n) is 8.56. The average Bonchev–Trinajstić information content (AvgIpc) is 3.80. The maximum absolute atomic E-state index is 13.1. The second-order valence-electron chi connectivity index (χ2n) is 15.3. The highest BCUT2D eigenvalue weighted by molar-refractivity contribution is 6.05. The Kier molecular flexibility index (Phi) is 10.3. The van der Waals surface area contributed by atoms with Crippen LogP contribution in [0.1, 0.15) is 78.8 Å². The zero-order valence-electron chi connectivity index (χ0n) is 32.4. The molecule has 7 heterocycles. The molecule has 3 aromatic heterocycles. The van der Waals surface area contributed by atoms with Crippen LogP contribution in [-0.4, -0.2) is 92.0 Å². The van der Waals surface area contributed by atoms with Crippen LogP contribution in [0.5, 0.6) is 11.6 Å². The summed E-state index contributed by atoms with van der Waals surface area (Å²) in [6.07, 6.45) is 7.55. The van der Waals surface area contributed by atoms with E-state index in [1.807, 2.05) is 29.3 Å². The number of imidazole rings is 1. The van der Waals surface area contributed by atoms with Gasteiger partial charge in [0.05, 0.1) is 43.4 Å². The molecule has 2 fully saturated rings. The fourth-order valence-corrected chi connectivity index (χ4v) is 8.56. The number of rotatable bonds is 11. The van der Waals surface area contributed by atoms with Gasteiger partial charge in [0, 0.05) is 91.7 Å². The van der Waals surface area contributed by atoms with E-state index in [0.717, 1.165) is 95.8 Å². The van der Waals surface area contributed by atoms with Gasteiger partial charge in [0.15, 0.2) is 0 Å². The van der Waals surface area contributed by atoms with Crippen LogP contribution in [0.3, 0.4) is 0 Å². The van der Waals surface area contributed by atoms with E-state index in [9.17, 15) is 19.2 Å². The molecule has 0 aliphatic carbocycles. The lowest BCUT2D eigenvalue weighted by Gasteiger charge is -2.30. The minimum absolute atomic E-state index is 0.0701. The Bertz CT molecular complexity index is 2410. The van der Waals surface area contributed by atoms with E-state index < -0.39 is 11.9 Å². The first kappa shape index (κ1) is 37.4. The van der Waals surface area contributed by atoms with Gasteiger partial charge in [-0.3, -0.25) is 29.5 Å². The Morgan fingerprint density at radius 1 is 0.897 bits per heavy atom. The predicted molar refractivity (Wildman–Crippen MR) is 213 cm³/mol. The maximum Gasteiger partial charge on any atom is 0.255 e. The van der Waals surface area contributed by atoms with Gasteiger partial charge in [-0.15, -0.1) is 0 Å². The number of hydrogen-bond donors (Lipinski definition) is 1. The fraction of sp³-hybridized carbons (Fsp3) is 0.386. The van der Waals surface area contributed by atoms with E-state index in [1.165, 1.54) is 4.90 Å². The number of ether oxygens (including phenoxy) is 3. The molecule has 0 saturated carbocycles. The van der Waals surface area contributed by atoms with Crippen LogP contribution in [0.25, 0.3) is 33.3 Å². The van der Waals surface area contributed by atoms with E-state index in [4.69, 9.17) is 24.2 Å². The van der Waals surface area contributed by atoms with Crippen molar-refractivity contribution in [3.05, 3.63) is 89.6 Å². The van der Waals surface area contributed by atoms with Crippen LogP contribution in [0.2, 0.25) is 0 Å². The number of piperidine rings is 1. The van der Waals surface area contributed by atoms with Crippen LogP contribution in [-0.2, 0) is 38.8 Å². The lowest BCUT2D eigenvalue weighted by atomic mass is 9.99. The Balaban J connectivity index is 0.816. The number of carbonyl (C=O) groups is 4. The summed E-state index contributed by atoms with van der Waals surface area (Å²) in [6, 6.07) is 16.8. The number of aromatic nitrogens is 4. The highest BCUT2D eigenvalue weighted by Crippen LogP contribution is 2.38. The van der Waals surface area contributed by atoms with Gasteiger partial charge in [-0.05, 0) is 61.8 Å². The average molecular weight is 784 g/mol. The molecule has 1 N–H and O–H groups in total. The number of hydrogen-bond acceptors (Lipinski definition) is 10. The topological polar surface area (TPSA) is 158 Å². The molecule has 1 atom stereocenters. The Morgan fingerprint density at radius 3 is 2.50 bits per heavy atom. The number of pyridine rings is 2. The van der Waals surface area contributed by atoms with Crippen molar-refractivity contribution in [3.8, 4) is 34.1 Å². The third-order valence-electron chi connectivity index (χ3n) is 11.7. The molecule has 5 aromatic rings. The third-order valence-corrected chi connectivity index (χ3v) is 11.7. The summed E-state index contributed by atoms with van der Waals surface area (Å²) >= 11 is 0. The first-order chi connectivity index (χ1) is 28.3. The van der Waals surface area contributed by atoms with Gasteiger partial charge in [-0.2, -0.15) is 0 Å². The van der Waals surface area contributed by atoms with Crippen molar-refractivity contribution < 1.29 is 33.4 Å². The summed E-state index contributed by atoms with van der Waals surface area (Å²) < 4.78 is 20.0. The SMILES string of the molecule is CC(=O)N1CCn2c(C3CCOCC3)nc(-c3cccc4cc(-c5ccc(OCCCCOc6cccc7c6CN(C6CCC(=O)NC6=O)C7=O)nc5)ncc34)c2C1. The van der Waals surface area contributed by atoms with Crippen molar-refractivity contribution in [2.45, 2.75) is 77.0 Å². The van der Waals surface area contributed by atoms with Gasteiger partial charge in [-0.25, -0.2) is 9.97 Å². The van der Waals surface area contributed by atoms with E-state index in [2.05, 4.69) is 39.1 Å². The molecule has 2 saturated heterocycles. The van der Waals surface area contributed by atoms with Crippen LogP contribution < -0.4 is 14.8 Å². The minimum atomic E-state index is -0.666. The van der Waals surface area contributed by atoms with Crippen LogP contribution in [0.15, 0.2) is 67.0 Å². The molecule has 2 aromatic carbocycles. The summed E-state index contributed by atoms with van der Waals surface area (Å²) in [7, 11) is 0. The van der Waals surface area contributed by atoms with Crippen molar-refractivity contribution in [1.82, 2.24) is 34.6 Å². The number of benzene rings is 2. The van der Waals surface area contributed by atoms with Gasteiger partial charge in [-0.1, -0.05) is 24.3 Å². The van der Waals surface area contributed by atoms with E-state index >= 15 is 0 Å². The molecule has 0 spiro atoms. The first-order valence-electron chi connectivity index (χ1n) is 20.1. The zero-order valence-corrected chi connectivity index (χ0v) is 32.4. The van der Waals surface area contributed by atoms with E-state index in [0.29, 0.717) is 55.8 Å². The van der Waals surface area contributed by atoms with Crippen molar-refractivity contribution in [3.63, 3.8) is 0 Å². The van der Waals surface area contributed by atoms with Gasteiger partial charge < -0.3 is 28.6 Å². The first-order valence-corrected chi connectivity index (χ1v) is 20.1. The van der Waals surface area contributed by atoms with Crippen LogP contribution in [0, 0.1) is 0 Å². The van der Waals surface area contributed by atoms with Crippen molar-refractivity contribution in [2.75, 3.05) is 33.0 Å². The molecule has 4 aliphatic rings. The Morgan fingerprint density at radius 2 is 1.71 bits per heavy atom. The molecule has 0 radical (unpaired) electrons. The number of amides is 4. The van der Waals surface area contributed by atoms with Crippen molar-refractivity contribution >= 4 is 34.4 Å². The molecular formula is C44H45N7O7. The second kappa shape index (κ2) is 16.0. The Labute approximate surface area is 335 Å². The third kappa shape index (κ3) is 7.28. The smallest absolute Gasteiger partial charge is 0.255 e. The Hall–Kier alpha value is -6.15. The largest absolute Gasteiger partial charge is 0.493 e. The van der Waals surface area contributed by atoms with E-state index in [-0.39, 0.29) is 30.7 Å². The van der Waals surface area contributed by atoms with Gasteiger partial charge in [0.1, 0.15) is 17.6 Å². The van der Waals surface area contributed by atoms with Crippen LogP contribution in [0.4, 0.5) is 0 Å². The number of unbranched alkanes of at least 4 members (excludes halogenated alkanes) is 1. The molecule has 4 amide bonds. The molecular weight excluding hydrogens is 739 g/mol. The molecule has 14 nitrogen and oxygen atoms in total. The van der Waals surface area contributed by atoms with Gasteiger partial charge >= 0.3 is 0 Å². The summed E-state index contributed by atoms with van der Waals surface area (Å²) in [5, 5.41) is 4.38. The highest BCUT2D eigenvalue weighted by atomic mass is 16.5. The summed E-state index contributed by atoms with van der Waals surface area (Å²) in [6.45, 7) is 6.21. The monoisotopic (exact) mass is 783 g/mol. The quantitative estimate of drug-likeness (QED) is 0.136. The molecule has 58 heavy (non-hydrogen) atoms. The summed E-state index contributed by atoms with van der Waals surface area (Å²) in [4.78, 5) is 67.7. The summed E-state index contributed by atoms with van der Waals surface area (Å²) in [5.74, 6) is 1.67. The van der Waals surface area contributed by atoms with Crippen LogP contribution >= 0.6 is 0 Å². The zero-order chi connectivity index (χ0) is 39.8. The number of nitrogens with zero attached hydrogens (tertiary/aromatic N) is 6. The standard InChI is InChI=1S/C44H45N7O7/c1-27(52)49-16-17-50-37(26-49)41(48-42(50)28-14-20-56-21-15-28)31-7-4-6-29-22-35(45-24-33(29)31)30-10-13-40(46-23-30)58-19-3-2-18-57-38-9-5-8-32-34(38)25-51(44(32)55)36-11-12-39(53)47-43(36)54/h4-10,13,22-24,28,36H,2-3,11-12,14-21,25-26H2,1H3,(H,47,53,54). The van der Waals surface area contributed by atoms with Gasteiger partial charge in [0.25, 0.3) is 5.91 Å². The summed E-state index contributed by atoms with van der Waals surface area (Å²) in [5.41, 5.74) is 5.96. The number of fused-ring (bicyclic) bond motifs is 3. The number of nitrogens with one attached hydrogen (secondary N) is 1. The maximum atomic E-state index is 13.1. The molecule has 1 unspecified atom stereocenters. The second-order valence-corrected chi connectivity index (χ2v) is 15.3. The molecule has 14 heteroatoms. The number of imide groups is 1.